The van der Waals surface area contributed by atoms with Gasteiger partial charge in [0, 0.05) is 20.0 Å². The van der Waals surface area contributed by atoms with Crippen LogP contribution in [0.3, 0.4) is 0 Å². The number of carbonyl (C=O) groups excluding carboxylic acids is 1. The third-order valence-corrected chi connectivity index (χ3v) is 2.57. The third-order valence-electron chi connectivity index (χ3n) is 2.57. The summed E-state index contributed by atoms with van der Waals surface area (Å²) in [5, 5.41) is 8.69. The van der Waals surface area contributed by atoms with Gasteiger partial charge in [0.25, 0.3) is 0 Å². The molecule has 0 aliphatic heterocycles. The molecule has 0 aliphatic rings. The Hall–Kier alpha value is -1.88. The lowest BCUT2D eigenvalue weighted by Crippen LogP contribution is -2.26. The average Bonchev–Trinajstić information content (AvgIpc) is 2.76. The van der Waals surface area contributed by atoms with Gasteiger partial charge in [-0.1, -0.05) is 6.07 Å². The average molecular weight is 234 g/mol. The van der Waals surface area contributed by atoms with Gasteiger partial charge in [-0.3, -0.25) is 4.79 Å². The zero-order chi connectivity index (χ0) is 12.3. The molecule has 1 aromatic heterocycles. The van der Waals surface area contributed by atoms with Gasteiger partial charge in [-0.15, -0.1) is 0 Å². The number of aliphatic hydroxyl groups is 1. The number of hydrogen-bond donors (Lipinski definition) is 1. The number of fused-ring (bicyclic) bond motifs is 1. The lowest BCUT2D eigenvalue weighted by molar-refractivity contribution is -0.131. The summed E-state index contributed by atoms with van der Waals surface area (Å²) >= 11 is 0. The molecule has 0 atom stereocenters. The SMILES string of the molecule is CN(Cc1ccc2ncoc2c1)C(=O)CCO. The second kappa shape index (κ2) is 4.97. The first-order valence-corrected chi connectivity index (χ1v) is 5.37. The Balaban J connectivity index is 2.09. The van der Waals surface area contributed by atoms with Crippen LogP contribution in [-0.2, 0) is 11.3 Å². The molecule has 2 aromatic rings. The van der Waals surface area contributed by atoms with Crippen molar-refractivity contribution in [2.75, 3.05) is 13.7 Å². The molecule has 1 aromatic carbocycles. The van der Waals surface area contributed by atoms with Crippen molar-refractivity contribution in [3.63, 3.8) is 0 Å². The summed E-state index contributed by atoms with van der Waals surface area (Å²) in [7, 11) is 1.71. The summed E-state index contributed by atoms with van der Waals surface area (Å²) in [6.45, 7) is 0.375. The van der Waals surface area contributed by atoms with Crippen LogP contribution in [-0.4, -0.2) is 34.6 Å². The van der Waals surface area contributed by atoms with Gasteiger partial charge in [0.2, 0.25) is 5.91 Å². The van der Waals surface area contributed by atoms with E-state index in [1.165, 1.54) is 6.39 Å². The van der Waals surface area contributed by atoms with Crippen molar-refractivity contribution in [1.82, 2.24) is 9.88 Å². The maximum absolute atomic E-state index is 11.5. The number of hydrogen-bond acceptors (Lipinski definition) is 4. The smallest absolute Gasteiger partial charge is 0.224 e. The van der Waals surface area contributed by atoms with Crippen molar-refractivity contribution < 1.29 is 14.3 Å². The first kappa shape index (κ1) is 11.6. The lowest BCUT2D eigenvalue weighted by Gasteiger charge is -2.16. The van der Waals surface area contributed by atoms with Crippen molar-refractivity contribution in [3.8, 4) is 0 Å². The molecule has 0 saturated heterocycles. The molecule has 1 heterocycles. The second-order valence-electron chi connectivity index (χ2n) is 3.88. The van der Waals surface area contributed by atoms with Gasteiger partial charge in [-0.25, -0.2) is 4.98 Å². The topological polar surface area (TPSA) is 66.6 Å². The maximum Gasteiger partial charge on any atom is 0.224 e. The highest BCUT2D eigenvalue weighted by Crippen LogP contribution is 2.15. The molecule has 17 heavy (non-hydrogen) atoms. The fourth-order valence-electron chi connectivity index (χ4n) is 1.65. The van der Waals surface area contributed by atoms with Crippen LogP contribution in [0, 0.1) is 0 Å². The first-order valence-electron chi connectivity index (χ1n) is 5.37. The Morgan fingerprint density at radius 2 is 2.35 bits per heavy atom. The van der Waals surface area contributed by atoms with Gasteiger partial charge < -0.3 is 14.4 Å². The zero-order valence-corrected chi connectivity index (χ0v) is 9.59. The Morgan fingerprint density at radius 1 is 1.53 bits per heavy atom. The Morgan fingerprint density at radius 3 is 3.12 bits per heavy atom. The molecule has 1 N–H and O–H groups in total. The van der Waals surface area contributed by atoms with E-state index in [1.54, 1.807) is 11.9 Å². The molecule has 90 valence electrons. The second-order valence-corrected chi connectivity index (χ2v) is 3.88. The Bertz CT molecular complexity index is 521. The number of carbonyl (C=O) groups is 1. The minimum absolute atomic E-state index is 0.0785. The number of rotatable bonds is 4. The molecule has 2 rings (SSSR count). The van der Waals surface area contributed by atoms with Gasteiger partial charge in [0.1, 0.15) is 5.52 Å². The van der Waals surface area contributed by atoms with Gasteiger partial charge >= 0.3 is 0 Å². The van der Waals surface area contributed by atoms with Crippen molar-refractivity contribution in [3.05, 3.63) is 30.2 Å². The minimum atomic E-state index is -0.121. The van der Waals surface area contributed by atoms with Gasteiger partial charge in [-0.2, -0.15) is 0 Å². The molecule has 0 aliphatic carbocycles. The number of aliphatic hydroxyl groups excluding tert-OH is 1. The number of oxazole rings is 1. The first-order chi connectivity index (χ1) is 8.20. The third kappa shape index (κ3) is 2.62. The van der Waals surface area contributed by atoms with Gasteiger partial charge in [-0.05, 0) is 17.7 Å². The molecule has 1 amide bonds. The van der Waals surface area contributed by atoms with Crippen LogP contribution in [0.5, 0.6) is 0 Å². The molecular weight excluding hydrogens is 220 g/mol. The number of nitrogens with zero attached hydrogens (tertiary/aromatic N) is 2. The molecule has 0 unspecified atom stereocenters. The predicted molar refractivity (Wildman–Crippen MR) is 62.2 cm³/mol. The van der Waals surface area contributed by atoms with Crippen LogP contribution >= 0.6 is 0 Å². The molecule has 0 fully saturated rings. The molecular formula is C12H14N2O3. The van der Waals surface area contributed by atoms with Gasteiger partial charge in [0.15, 0.2) is 12.0 Å². The molecule has 0 spiro atoms. The Labute approximate surface area is 98.7 Å². The number of benzene rings is 1. The summed E-state index contributed by atoms with van der Waals surface area (Å²) in [5.41, 5.74) is 2.49. The van der Waals surface area contributed by atoms with Crippen LogP contribution in [0.15, 0.2) is 29.0 Å². The van der Waals surface area contributed by atoms with E-state index in [-0.39, 0.29) is 18.9 Å². The summed E-state index contributed by atoms with van der Waals surface area (Å²) in [6, 6.07) is 5.64. The Kier molecular flexibility index (Phi) is 3.39. The monoisotopic (exact) mass is 234 g/mol. The van der Waals surface area contributed by atoms with E-state index in [9.17, 15) is 4.79 Å². The van der Waals surface area contributed by atoms with E-state index in [0.29, 0.717) is 12.1 Å². The van der Waals surface area contributed by atoms with Crippen LogP contribution in [0.4, 0.5) is 0 Å². The molecule has 0 bridgehead atoms. The standard InChI is InChI=1S/C12H14N2O3/c1-14(12(16)4-5-15)7-9-2-3-10-11(6-9)17-8-13-10/h2-3,6,8,15H,4-5,7H2,1H3. The van der Waals surface area contributed by atoms with Crippen LogP contribution in [0.25, 0.3) is 11.1 Å². The molecule has 5 nitrogen and oxygen atoms in total. The zero-order valence-electron chi connectivity index (χ0n) is 9.59. The highest BCUT2D eigenvalue weighted by molar-refractivity contribution is 5.76. The number of amides is 1. The largest absolute Gasteiger partial charge is 0.443 e. The van der Waals surface area contributed by atoms with E-state index in [0.717, 1.165) is 11.1 Å². The number of aromatic nitrogens is 1. The lowest BCUT2D eigenvalue weighted by atomic mass is 10.2. The van der Waals surface area contributed by atoms with Crippen LogP contribution < -0.4 is 0 Å². The molecule has 5 heteroatoms. The van der Waals surface area contributed by atoms with Crippen molar-refractivity contribution >= 4 is 17.0 Å². The summed E-state index contributed by atoms with van der Waals surface area (Å²) < 4.78 is 5.19. The summed E-state index contributed by atoms with van der Waals surface area (Å²) in [5.74, 6) is -0.0785. The van der Waals surface area contributed by atoms with E-state index in [1.807, 2.05) is 18.2 Å². The van der Waals surface area contributed by atoms with E-state index in [2.05, 4.69) is 4.98 Å². The van der Waals surface area contributed by atoms with Crippen molar-refractivity contribution in [2.45, 2.75) is 13.0 Å². The fourth-order valence-corrected chi connectivity index (χ4v) is 1.65. The molecule has 0 saturated carbocycles. The van der Waals surface area contributed by atoms with E-state index in [4.69, 9.17) is 9.52 Å². The highest BCUT2D eigenvalue weighted by atomic mass is 16.3. The predicted octanol–water partition coefficient (Wildman–Crippen LogP) is 1.17. The van der Waals surface area contributed by atoms with Crippen molar-refractivity contribution in [1.29, 1.82) is 0 Å². The van der Waals surface area contributed by atoms with Crippen LogP contribution in [0.1, 0.15) is 12.0 Å². The quantitative estimate of drug-likeness (QED) is 0.862. The highest BCUT2D eigenvalue weighted by Gasteiger charge is 2.09. The summed E-state index contributed by atoms with van der Waals surface area (Å²) in [6.07, 6.45) is 1.55. The van der Waals surface area contributed by atoms with E-state index >= 15 is 0 Å². The van der Waals surface area contributed by atoms with Gasteiger partial charge in [0.05, 0.1) is 6.61 Å². The van der Waals surface area contributed by atoms with Crippen LogP contribution in [0.2, 0.25) is 0 Å². The summed E-state index contributed by atoms with van der Waals surface area (Å²) in [4.78, 5) is 17.1. The maximum atomic E-state index is 11.5. The fraction of sp³-hybridized carbons (Fsp3) is 0.333. The van der Waals surface area contributed by atoms with Crippen molar-refractivity contribution in [2.24, 2.45) is 0 Å². The normalized spacial score (nSPS) is 10.7. The minimum Gasteiger partial charge on any atom is -0.443 e. The van der Waals surface area contributed by atoms with E-state index < -0.39 is 0 Å². The molecule has 0 radical (unpaired) electrons.